The van der Waals surface area contributed by atoms with Crippen molar-refractivity contribution >= 4 is 32.5 Å². The number of halogens is 1. The van der Waals surface area contributed by atoms with Crippen LogP contribution in [-0.2, 0) is 9.84 Å². The first-order valence-corrected chi connectivity index (χ1v) is 10.2. The van der Waals surface area contributed by atoms with Gasteiger partial charge in [-0.25, -0.2) is 17.8 Å². The molecule has 0 aliphatic heterocycles. The number of rotatable bonds is 5. The van der Waals surface area contributed by atoms with Gasteiger partial charge in [-0.3, -0.25) is 0 Å². The number of benzene rings is 2. The Hall–Kier alpha value is -2.32. The van der Waals surface area contributed by atoms with Gasteiger partial charge in [-0.1, -0.05) is 11.8 Å². The molecule has 1 aromatic heterocycles. The van der Waals surface area contributed by atoms with Crippen molar-refractivity contribution in [1.29, 1.82) is 0 Å². The molecule has 26 heavy (non-hydrogen) atoms. The third kappa shape index (κ3) is 3.61. The number of fused-ring (bicyclic) bond motifs is 1. The van der Waals surface area contributed by atoms with Gasteiger partial charge in [-0.2, -0.15) is 0 Å². The summed E-state index contributed by atoms with van der Waals surface area (Å²) in [6.07, 6.45) is 1.11. The van der Waals surface area contributed by atoms with E-state index in [2.05, 4.69) is 4.98 Å². The fraction of sp³-hybridized carbons (Fsp3) is 0.167. The van der Waals surface area contributed by atoms with Crippen molar-refractivity contribution in [1.82, 2.24) is 4.98 Å². The molecular weight excluding hydrogens is 377 g/mol. The summed E-state index contributed by atoms with van der Waals surface area (Å²) in [6, 6.07) is 10.9. The fourth-order valence-corrected chi connectivity index (χ4v) is 4.16. The van der Waals surface area contributed by atoms with Crippen LogP contribution < -0.4 is 9.47 Å². The first-order chi connectivity index (χ1) is 12.3. The van der Waals surface area contributed by atoms with Crippen LogP contribution in [0.4, 0.5) is 4.39 Å². The van der Waals surface area contributed by atoms with Gasteiger partial charge in [0.05, 0.1) is 29.5 Å². The number of ether oxygens (including phenoxy) is 2. The molecule has 0 fully saturated rings. The molecular formula is C18H16FNO4S2. The molecule has 0 aliphatic rings. The summed E-state index contributed by atoms with van der Waals surface area (Å²) in [6.45, 7) is 0. The van der Waals surface area contributed by atoms with E-state index in [1.54, 1.807) is 31.4 Å². The molecule has 0 aliphatic carbocycles. The number of nitrogens with zero attached hydrogens (tertiary/aromatic N) is 1. The summed E-state index contributed by atoms with van der Waals surface area (Å²) in [5.41, 5.74) is 0.525. The lowest BCUT2D eigenvalue weighted by molar-refractivity contribution is 0.400. The van der Waals surface area contributed by atoms with Crippen molar-refractivity contribution in [3.63, 3.8) is 0 Å². The van der Waals surface area contributed by atoms with Crippen molar-refractivity contribution in [2.45, 2.75) is 14.8 Å². The van der Waals surface area contributed by atoms with Gasteiger partial charge in [0, 0.05) is 17.7 Å². The number of sulfone groups is 1. The molecule has 5 nitrogen and oxygen atoms in total. The minimum absolute atomic E-state index is 0.00507. The van der Waals surface area contributed by atoms with Gasteiger partial charge in [0.1, 0.15) is 17.3 Å². The lowest BCUT2D eigenvalue weighted by Crippen LogP contribution is -2.00. The number of pyridine rings is 1. The minimum atomic E-state index is -3.41. The summed E-state index contributed by atoms with van der Waals surface area (Å²) in [4.78, 5) is 5.67. The highest BCUT2D eigenvalue weighted by molar-refractivity contribution is 7.99. The molecule has 0 saturated heterocycles. The first-order valence-electron chi connectivity index (χ1n) is 7.52. The highest BCUT2D eigenvalue weighted by Crippen LogP contribution is 2.43. The van der Waals surface area contributed by atoms with Crippen molar-refractivity contribution in [3.8, 4) is 11.5 Å². The van der Waals surface area contributed by atoms with Crippen LogP contribution in [0.1, 0.15) is 0 Å². The second kappa shape index (κ2) is 7.13. The Morgan fingerprint density at radius 2 is 1.73 bits per heavy atom. The van der Waals surface area contributed by atoms with Crippen molar-refractivity contribution < 1.29 is 22.3 Å². The Morgan fingerprint density at radius 1 is 1.00 bits per heavy atom. The molecule has 3 aromatic rings. The topological polar surface area (TPSA) is 65.5 Å². The van der Waals surface area contributed by atoms with E-state index in [1.165, 1.54) is 37.1 Å². The van der Waals surface area contributed by atoms with Crippen LogP contribution >= 0.6 is 11.8 Å². The number of hydrogen-bond acceptors (Lipinski definition) is 6. The SMILES string of the molecule is COc1cc(F)ccc1Sc1c(OC)ccc2nc(S(C)(=O)=O)ccc12. The van der Waals surface area contributed by atoms with E-state index in [4.69, 9.17) is 9.47 Å². The lowest BCUT2D eigenvalue weighted by Gasteiger charge is -2.14. The van der Waals surface area contributed by atoms with Gasteiger partial charge < -0.3 is 9.47 Å². The van der Waals surface area contributed by atoms with Crippen LogP contribution in [0.25, 0.3) is 10.9 Å². The Bertz CT molecular complexity index is 1080. The van der Waals surface area contributed by atoms with Gasteiger partial charge in [0.25, 0.3) is 0 Å². The first kappa shape index (κ1) is 18.5. The molecule has 8 heteroatoms. The summed E-state index contributed by atoms with van der Waals surface area (Å²) < 4.78 is 47.6. The molecule has 0 amide bonds. The standard InChI is InChI=1S/C18H16FNO4S2/c1-23-14-7-6-13-12(5-9-17(20-13)26(3,21)22)18(14)25-16-8-4-11(19)10-15(16)24-2/h4-10H,1-3H3. The number of hydrogen-bond donors (Lipinski definition) is 0. The van der Waals surface area contributed by atoms with E-state index >= 15 is 0 Å². The van der Waals surface area contributed by atoms with Crippen LogP contribution in [-0.4, -0.2) is 33.9 Å². The fourth-order valence-electron chi connectivity index (χ4n) is 2.45. The zero-order valence-corrected chi connectivity index (χ0v) is 15.9. The molecule has 0 saturated carbocycles. The quantitative estimate of drug-likeness (QED) is 0.654. The Balaban J connectivity index is 2.18. The average molecular weight is 393 g/mol. The normalized spacial score (nSPS) is 11.5. The average Bonchev–Trinajstić information content (AvgIpc) is 2.62. The molecule has 1 heterocycles. The summed E-state index contributed by atoms with van der Waals surface area (Å²) >= 11 is 1.34. The van der Waals surface area contributed by atoms with Crippen molar-refractivity contribution in [3.05, 3.63) is 48.3 Å². The molecule has 136 valence electrons. The van der Waals surface area contributed by atoms with Crippen LogP contribution in [0.2, 0.25) is 0 Å². The van der Waals surface area contributed by atoms with Gasteiger partial charge in [0.15, 0.2) is 14.9 Å². The molecule has 0 N–H and O–H groups in total. The number of methoxy groups -OCH3 is 2. The van der Waals surface area contributed by atoms with Crippen LogP contribution in [0.3, 0.4) is 0 Å². The molecule has 3 rings (SSSR count). The van der Waals surface area contributed by atoms with Crippen LogP contribution in [0, 0.1) is 5.82 Å². The maximum atomic E-state index is 13.4. The third-order valence-corrected chi connectivity index (χ3v) is 5.87. The smallest absolute Gasteiger partial charge is 0.192 e. The van der Waals surface area contributed by atoms with Gasteiger partial charge in [-0.05, 0) is 36.4 Å². The van der Waals surface area contributed by atoms with Crippen molar-refractivity contribution in [2.24, 2.45) is 0 Å². The second-order valence-corrected chi connectivity index (χ2v) is 8.50. The van der Waals surface area contributed by atoms with E-state index in [0.717, 1.165) is 16.5 Å². The Labute approximate surface area is 155 Å². The summed E-state index contributed by atoms with van der Waals surface area (Å²) in [7, 11) is -0.390. The highest BCUT2D eigenvalue weighted by atomic mass is 32.2. The molecule has 0 bridgehead atoms. The minimum Gasteiger partial charge on any atom is -0.496 e. The number of aromatic nitrogens is 1. The maximum Gasteiger partial charge on any atom is 0.192 e. The maximum absolute atomic E-state index is 13.4. The largest absolute Gasteiger partial charge is 0.496 e. The van der Waals surface area contributed by atoms with Crippen molar-refractivity contribution in [2.75, 3.05) is 20.5 Å². The lowest BCUT2D eigenvalue weighted by atomic mass is 10.2. The van der Waals surface area contributed by atoms with E-state index in [1.807, 2.05) is 0 Å². The predicted molar refractivity (Wildman–Crippen MR) is 98.5 cm³/mol. The molecule has 0 spiro atoms. The second-order valence-electron chi connectivity index (χ2n) is 5.48. The molecule has 0 radical (unpaired) electrons. The predicted octanol–water partition coefficient (Wildman–Crippen LogP) is 3.95. The van der Waals surface area contributed by atoms with Crippen LogP contribution in [0.5, 0.6) is 11.5 Å². The monoisotopic (exact) mass is 393 g/mol. The van der Waals surface area contributed by atoms with Gasteiger partial charge in [-0.15, -0.1) is 0 Å². The summed E-state index contributed by atoms with van der Waals surface area (Å²) in [5.74, 6) is 0.605. The van der Waals surface area contributed by atoms with E-state index in [0.29, 0.717) is 21.9 Å². The zero-order valence-electron chi connectivity index (χ0n) is 14.3. The third-order valence-electron chi connectivity index (χ3n) is 3.70. The van der Waals surface area contributed by atoms with E-state index in [9.17, 15) is 12.8 Å². The molecule has 2 aromatic carbocycles. The Morgan fingerprint density at radius 3 is 2.38 bits per heavy atom. The van der Waals surface area contributed by atoms with Gasteiger partial charge >= 0.3 is 0 Å². The zero-order chi connectivity index (χ0) is 18.9. The summed E-state index contributed by atoms with van der Waals surface area (Å²) in [5, 5.41) is 0.735. The Kier molecular flexibility index (Phi) is 5.06. The van der Waals surface area contributed by atoms with E-state index in [-0.39, 0.29) is 5.03 Å². The van der Waals surface area contributed by atoms with Crippen LogP contribution in [0.15, 0.2) is 57.3 Å². The molecule has 0 unspecified atom stereocenters. The van der Waals surface area contributed by atoms with E-state index < -0.39 is 15.7 Å². The van der Waals surface area contributed by atoms with Gasteiger partial charge in [0.2, 0.25) is 0 Å². The highest BCUT2D eigenvalue weighted by Gasteiger charge is 2.16. The molecule has 0 atom stereocenters.